The fraction of sp³-hybridized carbons (Fsp3) is 0.444. The fourth-order valence-electron chi connectivity index (χ4n) is 2.92. The molecule has 0 radical (unpaired) electrons. The van der Waals surface area contributed by atoms with Gasteiger partial charge in [0.1, 0.15) is 0 Å². The smallest absolute Gasteiger partial charge is 0.340 e. The normalized spacial score (nSPS) is 13.8. The molecule has 0 aromatic carbocycles. The molecule has 1 fully saturated rings. The van der Waals surface area contributed by atoms with Crippen LogP contribution in [0.25, 0.3) is 0 Å². The summed E-state index contributed by atoms with van der Waals surface area (Å²) in [5, 5.41) is 4.78. The molecule has 0 spiro atoms. The first kappa shape index (κ1) is 16.8. The van der Waals surface area contributed by atoms with Crippen LogP contribution in [0.3, 0.4) is 0 Å². The fourth-order valence-corrected chi connectivity index (χ4v) is 3.63. The number of nitrogens with one attached hydrogen (secondary N) is 1. The molecule has 128 valence electrons. The lowest BCUT2D eigenvalue weighted by Gasteiger charge is -2.08. The number of rotatable bonds is 7. The average molecular weight is 346 g/mol. The number of amides is 1. The molecule has 3 rings (SSSR count). The standard InChI is InChI=1S/C18H22N2O3S/c1-12-10-16(13(2)20(12)14-5-6-14)18(22)23-11-17(21)19-8-7-15-4-3-9-24-15/h3-4,9-10,14H,5-8,11H2,1-2H3,(H,19,21). The van der Waals surface area contributed by atoms with Crippen molar-refractivity contribution in [2.45, 2.75) is 39.2 Å². The van der Waals surface area contributed by atoms with E-state index in [0.29, 0.717) is 18.2 Å². The number of carbonyl (C=O) groups is 2. The van der Waals surface area contributed by atoms with Crippen LogP contribution in [0.4, 0.5) is 0 Å². The van der Waals surface area contributed by atoms with E-state index in [1.165, 1.54) is 4.88 Å². The minimum absolute atomic E-state index is 0.240. The zero-order chi connectivity index (χ0) is 17.1. The van der Waals surface area contributed by atoms with Crippen molar-refractivity contribution >= 4 is 23.2 Å². The highest BCUT2D eigenvalue weighted by atomic mass is 32.1. The Labute approximate surface area is 145 Å². The second-order valence-electron chi connectivity index (χ2n) is 6.14. The summed E-state index contributed by atoms with van der Waals surface area (Å²) < 4.78 is 7.36. The number of carbonyl (C=O) groups excluding carboxylic acids is 2. The van der Waals surface area contributed by atoms with Gasteiger partial charge >= 0.3 is 5.97 Å². The predicted molar refractivity (Wildman–Crippen MR) is 93.5 cm³/mol. The van der Waals surface area contributed by atoms with Crippen LogP contribution in [0.2, 0.25) is 0 Å². The number of hydrogen-bond donors (Lipinski definition) is 1. The maximum Gasteiger partial charge on any atom is 0.340 e. The molecule has 0 atom stereocenters. The van der Waals surface area contributed by atoms with E-state index in [1.54, 1.807) is 11.3 Å². The molecular formula is C18H22N2O3S. The second kappa shape index (κ2) is 7.21. The summed E-state index contributed by atoms with van der Waals surface area (Å²) in [6.07, 6.45) is 3.12. The zero-order valence-corrected chi connectivity index (χ0v) is 14.8. The molecule has 1 amide bonds. The largest absolute Gasteiger partial charge is 0.452 e. The number of aromatic nitrogens is 1. The third kappa shape index (κ3) is 3.87. The summed E-state index contributed by atoms with van der Waals surface area (Å²) in [6, 6.07) is 6.39. The number of ether oxygens (including phenoxy) is 1. The van der Waals surface area contributed by atoms with Crippen LogP contribution in [0, 0.1) is 13.8 Å². The van der Waals surface area contributed by atoms with Gasteiger partial charge in [-0.25, -0.2) is 4.79 Å². The second-order valence-corrected chi connectivity index (χ2v) is 7.17. The number of thiophene rings is 1. The number of esters is 1. The van der Waals surface area contributed by atoms with Gasteiger partial charge in [-0.15, -0.1) is 11.3 Å². The van der Waals surface area contributed by atoms with Crippen LogP contribution in [0.15, 0.2) is 23.6 Å². The van der Waals surface area contributed by atoms with Crippen LogP contribution in [-0.2, 0) is 16.0 Å². The number of aryl methyl sites for hydroxylation is 1. The van der Waals surface area contributed by atoms with Crippen LogP contribution in [0.1, 0.15) is 45.5 Å². The van der Waals surface area contributed by atoms with Gasteiger partial charge in [0.15, 0.2) is 6.61 Å². The maximum absolute atomic E-state index is 12.2. The Morgan fingerprint density at radius 3 is 2.83 bits per heavy atom. The van der Waals surface area contributed by atoms with Gasteiger partial charge in [0.2, 0.25) is 0 Å². The van der Waals surface area contributed by atoms with Crippen molar-refractivity contribution < 1.29 is 14.3 Å². The molecule has 2 aromatic heterocycles. The summed E-state index contributed by atoms with van der Waals surface area (Å²) in [5.74, 6) is -0.695. The Bertz CT molecular complexity index is 730. The molecule has 5 nitrogen and oxygen atoms in total. The van der Waals surface area contributed by atoms with Crippen LogP contribution >= 0.6 is 11.3 Å². The Kier molecular flexibility index (Phi) is 5.04. The van der Waals surface area contributed by atoms with Gasteiger partial charge in [-0.05, 0) is 50.6 Å². The van der Waals surface area contributed by atoms with E-state index in [-0.39, 0.29) is 12.5 Å². The highest BCUT2D eigenvalue weighted by molar-refractivity contribution is 7.09. The van der Waals surface area contributed by atoms with Gasteiger partial charge in [-0.3, -0.25) is 4.79 Å². The minimum Gasteiger partial charge on any atom is -0.452 e. The van der Waals surface area contributed by atoms with Crippen molar-refractivity contribution in [1.29, 1.82) is 0 Å². The lowest BCUT2D eigenvalue weighted by Crippen LogP contribution is -2.30. The van der Waals surface area contributed by atoms with Gasteiger partial charge in [0.05, 0.1) is 5.56 Å². The van der Waals surface area contributed by atoms with E-state index in [1.807, 2.05) is 37.4 Å². The highest BCUT2D eigenvalue weighted by Crippen LogP contribution is 2.38. The molecule has 0 bridgehead atoms. The van der Waals surface area contributed by atoms with Crippen LogP contribution in [-0.4, -0.2) is 29.6 Å². The SMILES string of the molecule is Cc1cc(C(=O)OCC(=O)NCCc2cccs2)c(C)n1C1CC1. The first-order valence-corrected chi connectivity index (χ1v) is 9.09. The van der Waals surface area contributed by atoms with Crippen molar-refractivity contribution in [3.8, 4) is 0 Å². The molecule has 1 N–H and O–H groups in total. The number of nitrogens with zero attached hydrogens (tertiary/aromatic N) is 1. The lowest BCUT2D eigenvalue weighted by atomic mass is 10.2. The van der Waals surface area contributed by atoms with E-state index >= 15 is 0 Å². The van der Waals surface area contributed by atoms with E-state index in [2.05, 4.69) is 9.88 Å². The predicted octanol–water partition coefficient (Wildman–Crippen LogP) is 3.02. The van der Waals surface area contributed by atoms with E-state index in [9.17, 15) is 9.59 Å². The van der Waals surface area contributed by atoms with Crippen molar-refractivity contribution in [1.82, 2.24) is 9.88 Å². The molecule has 2 heterocycles. The van der Waals surface area contributed by atoms with Crippen LogP contribution in [0.5, 0.6) is 0 Å². The third-order valence-electron chi connectivity index (χ3n) is 4.22. The zero-order valence-electron chi connectivity index (χ0n) is 14.0. The molecule has 6 heteroatoms. The molecule has 2 aromatic rings. The van der Waals surface area contributed by atoms with Crippen molar-refractivity contribution in [3.63, 3.8) is 0 Å². The van der Waals surface area contributed by atoms with E-state index < -0.39 is 5.97 Å². The van der Waals surface area contributed by atoms with E-state index in [0.717, 1.165) is 30.7 Å². The highest BCUT2D eigenvalue weighted by Gasteiger charge is 2.28. The molecule has 0 saturated heterocycles. The summed E-state index contributed by atoms with van der Waals surface area (Å²) in [7, 11) is 0. The van der Waals surface area contributed by atoms with Gasteiger partial charge in [-0.2, -0.15) is 0 Å². The minimum atomic E-state index is -0.427. The summed E-state index contributed by atoms with van der Waals surface area (Å²) >= 11 is 1.66. The van der Waals surface area contributed by atoms with Crippen molar-refractivity contribution in [2.24, 2.45) is 0 Å². The molecule has 0 unspecified atom stereocenters. The van der Waals surface area contributed by atoms with Gasteiger partial charge in [0.25, 0.3) is 5.91 Å². The lowest BCUT2D eigenvalue weighted by molar-refractivity contribution is -0.124. The third-order valence-corrected chi connectivity index (χ3v) is 5.16. The monoisotopic (exact) mass is 346 g/mol. The van der Waals surface area contributed by atoms with Gasteiger partial charge in [0, 0.05) is 28.9 Å². The summed E-state index contributed by atoms with van der Waals surface area (Å²) in [6.45, 7) is 4.24. The molecule has 0 aliphatic heterocycles. The molecule has 24 heavy (non-hydrogen) atoms. The quantitative estimate of drug-likeness (QED) is 0.784. The maximum atomic E-state index is 12.2. The molecule has 1 saturated carbocycles. The van der Waals surface area contributed by atoms with Crippen molar-refractivity contribution in [2.75, 3.05) is 13.2 Å². The Balaban J connectivity index is 1.46. The van der Waals surface area contributed by atoms with Gasteiger partial charge < -0.3 is 14.6 Å². The average Bonchev–Trinajstić information content (AvgIpc) is 3.15. The summed E-state index contributed by atoms with van der Waals surface area (Å²) in [4.78, 5) is 25.2. The topological polar surface area (TPSA) is 60.3 Å². The van der Waals surface area contributed by atoms with Gasteiger partial charge in [-0.1, -0.05) is 6.07 Å². The van der Waals surface area contributed by atoms with Crippen molar-refractivity contribution in [3.05, 3.63) is 45.4 Å². The Morgan fingerprint density at radius 2 is 2.17 bits per heavy atom. The Morgan fingerprint density at radius 1 is 1.38 bits per heavy atom. The van der Waals surface area contributed by atoms with Crippen LogP contribution < -0.4 is 5.32 Å². The first-order valence-electron chi connectivity index (χ1n) is 8.21. The van der Waals surface area contributed by atoms with E-state index in [4.69, 9.17) is 4.74 Å². The molecular weight excluding hydrogens is 324 g/mol. The number of hydrogen-bond acceptors (Lipinski definition) is 4. The summed E-state index contributed by atoms with van der Waals surface area (Å²) in [5.41, 5.74) is 2.56. The molecule has 1 aliphatic rings. The molecule has 1 aliphatic carbocycles. The first-order chi connectivity index (χ1) is 11.6. The Hall–Kier alpha value is -2.08.